The van der Waals surface area contributed by atoms with Gasteiger partial charge in [0.25, 0.3) is 0 Å². The summed E-state index contributed by atoms with van der Waals surface area (Å²) >= 11 is 1.70. The highest BCUT2D eigenvalue weighted by Crippen LogP contribution is 2.22. The van der Waals surface area contributed by atoms with Crippen LogP contribution >= 0.6 is 11.8 Å². The molecule has 15 heavy (non-hydrogen) atoms. The van der Waals surface area contributed by atoms with E-state index in [1.165, 1.54) is 0 Å². The Hall–Kier alpha value is -0.220. The average Bonchev–Trinajstić information content (AvgIpc) is 2.15. The third kappa shape index (κ3) is 6.05. The van der Waals surface area contributed by atoms with Crippen LogP contribution in [0.2, 0.25) is 0 Å². The average molecular weight is 230 g/mol. The topological polar surface area (TPSA) is 41.1 Å². The fraction of sp³-hybridized carbons (Fsp3) is 0.909. The van der Waals surface area contributed by atoms with Crippen LogP contribution in [-0.2, 0) is 4.79 Å². The molecule has 2 N–H and O–H groups in total. The van der Waals surface area contributed by atoms with E-state index in [1.807, 2.05) is 0 Å². The first-order chi connectivity index (χ1) is 6.97. The van der Waals surface area contributed by atoms with Gasteiger partial charge in [-0.05, 0) is 25.9 Å². The molecule has 3 nitrogen and oxygen atoms in total. The summed E-state index contributed by atoms with van der Waals surface area (Å²) in [5.41, 5.74) is 0. The molecule has 0 spiro atoms. The maximum atomic E-state index is 11.6. The van der Waals surface area contributed by atoms with E-state index in [2.05, 4.69) is 31.4 Å². The van der Waals surface area contributed by atoms with Crippen molar-refractivity contribution >= 4 is 17.7 Å². The Balaban J connectivity index is 2.17. The van der Waals surface area contributed by atoms with E-state index in [4.69, 9.17) is 0 Å². The predicted molar refractivity (Wildman–Crippen MR) is 66.2 cm³/mol. The molecular weight excluding hydrogens is 208 g/mol. The monoisotopic (exact) mass is 230 g/mol. The quantitative estimate of drug-likeness (QED) is 0.770. The van der Waals surface area contributed by atoms with Crippen molar-refractivity contribution in [2.75, 3.05) is 18.8 Å². The van der Waals surface area contributed by atoms with Crippen LogP contribution in [0.4, 0.5) is 0 Å². The number of carbonyl (C=O) groups is 1. The van der Waals surface area contributed by atoms with Crippen molar-refractivity contribution in [2.24, 2.45) is 0 Å². The second-order valence-electron chi connectivity index (χ2n) is 4.99. The molecule has 0 aliphatic carbocycles. The van der Waals surface area contributed by atoms with Crippen LogP contribution in [0.1, 0.15) is 33.6 Å². The molecule has 0 aromatic heterocycles. The molecule has 1 aliphatic rings. The van der Waals surface area contributed by atoms with E-state index < -0.39 is 0 Å². The van der Waals surface area contributed by atoms with Gasteiger partial charge in [-0.1, -0.05) is 20.8 Å². The molecule has 1 aliphatic heterocycles. The number of carbonyl (C=O) groups excluding carboxylic acids is 1. The Morgan fingerprint density at radius 2 is 2.00 bits per heavy atom. The van der Waals surface area contributed by atoms with Gasteiger partial charge in [-0.3, -0.25) is 4.79 Å². The highest BCUT2D eigenvalue weighted by Gasteiger charge is 2.17. The first-order valence-electron chi connectivity index (χ1n) is 5.61. The summed E-state index contributed by atoms with van der Waals surface area (Å²) in [5, 5.41) is 6.38. The van der Waals surface area contributed by atoms with Crippen molar-refractivity contribution < 1.29 is 4.79 Å². The third-order valence-corrected chi connectivity index (χ3v) is 3.61. The Bertz CT molecular complexity index is 207. The zero-order valence-electron chi connectivity index (χ0n) is 9.93. The first kappa shape index (κ1) is 12.8. The molecule has 0 bridgehead atoms. The number of nitrogens with one attached hydrogen (secondary N) is 2. The zero-order valence-corrected chi connectivity index (χ0v) is 10.7. The van der Waals surface area contributed by atoms with Gasteiger partial charge in [-0.25, -0.2) is 0 Å². The Labute approximate surface area is 96.8 Å². The SMILES string of the molecule is CC(C)(C)SCC(=O)NC1CCNCC1. The lowest BCUT2D eigenvalue weighted by Crippen LogP contribution is -2.43. The summed E-state index contributed by atoms with van der Waals surface area (Å²) in [6.07, 6.45) is 2.12. The molecule has 4 heteroatoms. The number of amides is 1. The van der Waals surface area contributed by atoms with Gasteiger partial charge in [0.15, 0.2) is 0 Å². The Kier molecular flexibility index (Phi) is 4.93. The van der Waals surface area contributed by atoms with Crippen LogP contribution in [0.3, 0.4) is 0 Å². The van der Waals surface area contributed by atoms with E-state index in [-0.39, 0.29) is 10.7 Å². The standard InChI is InChI=1S/C11H22N2OS/c1-11(2,3)15-8-10(14)13-9-4-6-12-7-5-9/h9,12H,4-8H2,1-3H3,(H,13,14). The van der Waals surface area contributed by atoms with Crippen LogP contribution in [0.15, 0.2) is 0 Å². The number of rotatable bonds is 3. The van der Waals surface area contributed by atoms with Crippen LogP contribution < -0.4 is 10.6 Å². The van der Waals surface area contributed by atoms with E-state index in [9.17, 15) is 4.79 Å². The largest absolute Gasteiger partial charge is 0.353 e. The van der Waals surface area contributed by atoms with Gasteiger partial charge in [0, 0.05) is 10.8 Å². The maximum Gasteiger partial charge on any atom is 0.230 e. The number of hydrogen-bond acceptors (Lipinski definition) is 3. The van der Waals surface area contributed by atoms with Crippen LogP contribution in [-0.4, -0.2) is 35.5 Å². The number of hydrogen-bond donors (Lipinski definition) is 2. The second-order valence-corrected chi connectivity index (χ2v) is 6.79. The minimum Gasteiger partial charge on any atom is -0.353 e. The van der Waals surface area contributed by atoms with Crippen molar-refractivity contribution in [3.05, 3.63) is 0 Å². The van der Waals surface area contributed by atoms with Crippen molar-refractivity contribution in [1.29, 1.82) is 0 Å². The van der Waals surface area contributed by atoms with Gasteiger partial charge in [-0.2, -0.15) is 0 Å². The first-order valence-corrected chi connectivity index (χ1v) is 6.60. The molecule has 0 radical (unpaired) electrons. The molecule has 0 atom stereocenters. The third-order valence-electron chi connectivity index (χ3n) is 2.34. The van der Waals surface area contributed by atoms with E-state index >= 15 is 0 Å². The van der Waals surface area contributed by atoms with Gasteiger partial charge < -0.3 is 10.6 Å². The minimum absolute atomic E-state index is 0.172. The molecule has 1 heterocycles. The summed E-state index contributed by atoms with van der Waals surface area (Å²) in [7, 11) is 0. The summed E-state index contributed by atoms with van der Waals surface area (Å²) in [6, 6.07) is 0.388. The zero-order chi connectivity index (χ0) is 11.3. The molecular formula is C11H22N2OS. The molecule has 1 saturated heterocycles. The van der Waals surface area contributed by atoms with E-state index in [0.717, 1.165) is 25.9 Å². The highest BCUT2D eigenvalue weighted by atomic mass is 32.2. The molecule has 0 saturated carbocycles. The van der Waals surface area contributed by atoms with Gasteiger partial charge in [-0.15, -0.1) is 11.8 Å². The highest BCUT2D eigenvalue weighted by molar-refractivity contribution is 8.01. The van der Waals surface area contributed by atoms with Gasteiger partial charge in [0.05, 0.1) is 5.75 Å². The maximum absolute atomic E-state index is 11.6. The minimum atomic E-state index is 0.172. The smallest absolute Gasteiger partial charge is 0.230 e. The van der Waals surface area contributed by atoms with Crippen molar-refractivity contribution in [3.8, 4) is 0 Å². The number of piperidine rings is 1. The molecule has 88 valence electrons. The molecule has 0 aromatic carbocycles. The molecule has 1 fully saturated rings. The molecule has 1 amide bonds. The van der Waals surface area contributed by atoms with Crippen LogP contribution in [0, 0.1) is 0 Å². The normalized spacial score (nSPS) is 18.9. The molecule has 0 aromatic rings. The van der Waals surface area contributed by atoms with Crippen molar-refractivity contribution in [2.45, 2.75) is 44.4 Å². The van der Waals surface area contributed by atoms with Gasteiger partial charge in [0.2, 0.25) is 5.91 Å². The molecule has 1 rings (SSSR count). The Morgan fingerprint density at radius 1 is 1.40 bits per heavy atom. The van der Waals surface area contributed by atoms with Crippen molar-refractivity contribution in [3.63, 3.8) is 0 Å². The lowest BCUT2D eigenvalue weighted by Gasteiger charge is -2.24. The fourth-order valence-electron chi connectivity index (χ4n) is 1.52. The van der Waals surface area contributed by atoms with Crippen LogP contribution in [0.5, 0.6) is 0 Å². The van der Waals surface area contributed by atoms with Gasteiger partial charge >= 0.3 is 0 Å². The van der Waals surface area contributed by atoms with E-state index in [1.54, 1.807) is 11.8 Å². The number of thioether (sulfide) groups is 1. The second kappa shape index (κ2) is 5.75. The van der Waals surface area contributed by atoms with Crippen LogP contribution in [0.25, 0.3) is 0 Å². The molecule has 0 unspecified atom stereocenters. The summed E-state index contributed by atoms with van der Waals surface area (Å²) in [5.74, 6) is 0.759. The summed E-state index contributed by atoms with van der Waals surface area (Å²) in [6.45, 7) is 8.45. The fourth-order valence-corrected chi connectivity index (χ4v) is 2.17. The van der Waals surface area contributed by atoms with Gasteiger partial charge in [0.1, 0.15) is 0 Å². The van der Waals surface area contributed by atoms with Crippen molar-refractivity contribution in [1.82, 2.24) is 10.6 Å². The summed E-state index contributed by atoms with van der Waals surface area (Å²) in [4.78, 5) is 11.6. The lowest BCUT2D eigenvalue weighted by atomic mass is 10.1. The predicted octanol–water partition coefficient (Wildman–Crippen LogP) is 1.39. The van der Waals surface area contributed by atoms with E-state index in [0.29, 0.717) is 11.8 Å². The Morgan fingerprint density at radius 3 is 2.53 bits per heavy atom. The summed E-state index contributed by atoms with van der Waals surface area (Å²) < 4.78 is 0.172. The lowest BCUT2D eigenvalue weighted by molar-refractivity contribution is -0.119.